The Morgan fingerprint density at radius 1 is 1.45 bits per heavy atom. The Morgan fingerprint density at radius 3 is 2.70 bits per heavy atom. The fraction of sp³-hybridized carbons (Fsp3) is 0.467. The lowest BCUT2D eigenvalue weighted by Gasteiger charge is -2.31. The number of carbonyl (C=O) groups excluding carboxylic acids is 1. The number of hydrogen-bond acceptors (Lipinski definition) is 3. The van der Waals surface area contributed by atoms with Crippen molar-refractivity contribution in [1.82, 2.24) is 0 Å². The van der Waals surface area contributed by atoms with Gasteiger partial charge in [0, 0.05) is 18.2 Å². The molecular weight excluding hydrogens is 268 g/mol. The first-order valence-corrected chi connectivity index (χ1v) is 10.2. The van der Waals surface area contributed by atoms with E-state index < -0.39 is 13.9 Å². The highest BCUT2D eigenvalue weighted by Gasteiger charge is 2.43. The van der Waals surface area contributed by atoms with Crippen molar-refractivity contribution >= 4 is 19.9 Å². The molecule has 0 aromatic heterocycles. The standard InChI is InChI=1S/C15H20N2O2Si/c1-11(18)17-13-5-6-14-12(9-13)7-8-15(14,10-16)19-20(2,3)4/h5-6,9H,7-8H2,1-4H3,(H,17,18). The molecule has 2 rings (SSSR count). The average Bonchev–Trinajstić information content (AvgIpc) is 2.65. The SMILES string of the molecule is CC(=O)Nc1ccc2c(c1)CCC2(C#N)O[Si](C)(C)C. The predicted octanol–water partition coefficient (Wildman–Crippen LogP) is 3.16. The molecule has 0 saturated carbocycles. The van der Waals surface area contributed by atoms with Gasteiger partial charge in [-0.25, -0.2) is 0 Å². The second-order valence-corrected chi connectivity index (χ2v) is 10.6. The molecule has 1 atom stereocenters. The van der Waals surface area contributed by atoms with E-state index in [4.69, 9.17) is 4.43 Å². The van der Waals surface area contributed by atoms with Crippen LogP contribution < -0.4 is 5.32 Å². The Bertz CT molecular complexity index is 587. The van der Waals surface area contributed by atoms with Gasteiger partial charge in [-0.1, -0.05) is 6.07 Å². The summed E-state index contributed by atoms with van der Waals surface area (Å²) < 4.78 is 6.17. The second kappa shape index (κ2) is 5.04. The van der Waals surface area contributed by atoms with Crippen molar-refractivity contribution in [2.24, 2.45) is 0 Å². The van der Waals surface area contributed by atoms with Crippen LogP contribution in [-0.4, -0.2) is 14.2 Å². The van der Waals surface area contributed by atoms with Crippen molar-refractivity contribution in [2.45, 2.75) is 45.0 Å². The molecule has 0 fully saturated rings. The van der Waals surface area contributed by atoms with E-state index in [2.05, 4.69) is 31.0 Å². The number of rotatable bonds is 3. The number of nitrogens with one attached hydrogen (secondary N) is 1. The van der Waals surface area contributed by atoms with Crippen LogP contribution in [0.1, 0.15) is 24.5 Å². The van der Waals surface area contributed by atoms with Gasteiger partial charge in [-0.05, 0) is 50.2 Å². The maximum absolute atomic E-state index is 11.1. The Morgan fingerprint density at radius 2 is 2.15 bits per heavy atom. The molecule has 20 heavy (non-hydrogen) atoms. The summed E-state index contributed by atoms with van der Waals surface area (Å²) in [4.78, 5) is 11.1. The van der Waals surface area contributed by atoms with Crippen LogP contribution in [0.2, 0.25) is 19.6 Å². The smallest absolute Gasteiger partial charge is 0.221 e. The van der Waals surface area contributed by atoms with Gasteiger partial charge in [0.15, 0.2) is 13.9 Å². The van der Waals surface area contributed by atoms with Gasteiger partial charge in [-0.3, -0.25) is 4.79 Å². The van der Waals surface area contributed by atoms with E-state index in [1.807, 2.05) is 18.2 Å². The molecule has 0 radical (unpaired) electrons. The molecule has 1 aromatic carbocycles. The summed E-state index contributed by atoms with van der Waals surface area (Å²) in [5.41, 5.74) is 2.01. The molecule has 5 heteroatoms. The fourth-order valence-corrected chi connectivity index (χ4v) is 3.99. The molecular formula is C15H20N2O2Si. The number of carbonyl (C=O) groups is 1. The van der Waals surface area contributed by atoms with E-state index in [0.717, 1.165) is 23.2 Å². The predicted molar refractivity (Wildman–Crippen MR) is 80.8 cm³/mol. The van der Waals surface area contributed by atoms with Crippen molar-refractivity contribution < 1.29 is 9.22 Å². The van der Waals surface area contributed by atoms with E-state index >= 15 is 0 Å². The number of benzene rings is 1. The van der Waals surface area contributed by atoms with Crippen LogP contribution in [0, 0.1) is 11.3 Å². The molecule has 1 unspecified atom stereocenters. The normalized spacial score (nSPS) is 21.1. The highest BCUT2D eigenvalue weighted by Crippen LogP contribution is 2.42. The first kappa shape index (κ1) is 14.8. The topological polar surface area (TPSA) is 62.1 Å². The lowest BCUT2D eigenvalue weighted by molar-refractivity contribution is -0.114. The summed E-state index contributed by atoms with van der Waals surface area (Å²) in [7, 11) is -1.82. The van der Waals surface area contributed by atoms with Crippen LogP contribution in [0.25, 0.3) is 0 Å². The number of aryl methyl sites for hydroxylation is 1. The minimum atomic E-state index is -1.82. The Hall–Kier alpha value is -1.64. The van der Waals surface area contributed by atoms with Crippen molar-refractivity contribution in [3.05, 3.63) is 29.3 Å². The molecule has 0 aliphatic heterocycles. The first-order valence-electron chi connectivity index (χ1n) is 6.78. The largest absolute Gasteiger partial charge is 0.396 e. The van der Waals surface area contributed by atoms with Crippen LogP contribution in [0.5, 0.6) is 0 Å². The fourth-order valence-electron chi connectivity index (χ4n) is 2.69. The van der Waals surface area contributed by atoms with Gasteiger partial charge in [-0.2, -0.15) is 5.26 Å². The van der Waals surface area contributed by atoms with Gasteiger partial charge < -0.3 is 9.74 Å². The van der Waals surface area contributed by atoms with Crippen molar-refractivity contribution in [1.29, 1.82) is 5.26 Å². The van der Waals surface area contributed by atoms with Crippen LogP contribution in [0.3, 0.4) is 0 Å². The summed E-state index contributed by atoms with van der Waals surface area (Å²) in [5, 5.41) is 12.4. The molecule has 1 N–H and O–H groups in total. The Labute approximate surface area is 120 Å². The molecule has 1 amide bonds. The lowest BCUT2D eigenvalue weighted by atomic mass is 9.98. The van der Waals surface area contributed by atoms with Gasteiger partial charge in [0.1, 0.15) is 6.07 Å². The molecule has 1 aliphatic rings. The van der Waals surface area contributed by atoms with E-state index in [1.54, 1.807) is 0 Å². The zero-order valence-electron chi connectivity index (χ0n) is 12.4. The maximum atomic E-state index is 11.1. The van der Waals surface area contributed by atoms with E-state index in [9.17, 15) is 10.1 Å². The third-order valence-corrected chi connectivity index (χ3v) is 4.23. The van der Waals surface area contributed by atoms with Gasteiger partial charge in [0.05, 0.1) is 0 Å². The highest BCUT2D eigenvalue weighted by molar-refractivity contribution is 6.69. The summed E-state index contributed by atoms with van der Waals surface area (Å²) in [5.74, 6) is -0.0900. The number of nitriles is 1. The summed E-state index contributed by atoms with van der Waals surface area (Å²) in [6, 6.07) is 8.08. The van der Waals surface area contributed by atoms with Crippen LogP contribution in [0.4, 0.5) is 5.69 Å². The minimum absolute atomic E-state index is 0.0900. The molecule has 106 valence electrons. The molecule has 1 aliphatic carbocycles. The zero-order chi connectivity index (χ0) is 15.0. The minimum Gasteiger partial charge on any atom is -0.396 e. The van der Waals surface area contributed by atoms with Crippen molar-refractivity contribution in [3.8, 4) is 6.07 Å². The number of hydrogen-bond donors (Lipinski definition) is 1. The number of amides is 1. The van der Waals surface area contributed by atoms with Crippen LogP contribution >= 0.6 is 0 Å². The summed E-state index contributed by atoms with van der Waals surface area (Å²) in [6.45, 7) is 7.77. The number of anilines is 1. The van der Waals surface area contributed by atoms with Crippen molar-refractivity contribution in [3.63, 3.8) is 0 Å². The second-order valence-electron chi connectivity index (χ2n) is 6.21. The van der Waals surface area contributed by atoms with E-state index in [1.165, 1.54) is 6.92 Å². The Kier molecular flexibility index (Phi) is 3.72. The monoisotopic (exact) mass is 288 g/mol. The average molecular weight is 288 g/mol. The zero-order valence-corrected chi connectivity index (χ0v) is 13.4. The summed E-state index contributed by atoms with van der Waals surface area (Å²) >= 11 is 0. The van der Waals surface area contributed by atoms with Gasteiger partial charge in [0.25, 0.3) is 0 Å². The van der Waals surface area contributed by atoms with Gasteiger partial charge in [-0.15, -0.1) is 0 Å². The highest BCUT2D eigenvalue weighted by atomic mass is 28.4. The van der Waals surface area contributed by atoms with Crippen molar-refractivity contribution in [2.75, 3.05) is 5.32 Å². The third kappa shape index (κ3) is 2.92. The van der Waals surface area contributed by atoms with Gasteiger partial charge >= 0.3 is 0 Å². The third-order valence-electron chi connectivity index (χ3n) is 3.27. The number of nitrogens with zero attached hydrogens (tertiary/aromatic N) is 1. The molecule has 1 aromatic rings. The molecule has 4 nitrogen and oxygen atoms in total. The number of fused-ring (bicyclic) bond motifs is 1. The lowest BCUT2D eigenvalue weighted by Crippen LogP contribution is -2.38. The first-order chi connectivity index (χ1) is 9.26. The van der Waals surface area contributed by atoms with E-state index in [0.29, 0.717) is 6.42 Å². The van der Waals surface area contributed by atoms with E-state index in [-0.39, 0.29) is 5.91 Å². The maximum Gasteiger partial charge on any atom is 0.221 e. The van der Waals surface area contributed by atoms with Gasteiger partial charge in [0.2, 0.25) is 5.91 Å². The molecule has 0 spiro atoms. The van der Waals surface area contributed by atoms with Crippen LogP contribution in [0.15, 0.2) is 18.2 Å². The Balaban J connectivity index is 2.37. The summed E-state index contributed by atoms with van der Waals surface area (Å²) in [6.07, 6.45) is 1.49. The molecule has 0 saturated heterocycles. The quantitative estimate of drug-likeness (QED) is 0.869. The van der Waals surface area contributed by atoms with Crippen LogP contribution in [-0.2, 0) is 21.2 Å². The molecule has 0 bridgehead atoms. The molecule has 0 heterocycles.